The number of thioether (sulfide) groups is 1. The van der Waals surface area contributed by atoms with E-state index >= 15 is 0 Å². The Balaban J connectivity index is 2.02. The molecule has 21 heavy (non-hydrogen) atoms. The number of fused-ring (bicyclic) bond motifs is 1. The number of nitriles is 1. The fraction of sp³-hybridized carbons (Fsp3) is 0.0556. The van der Waals surface area contributed by atoms with Crippen molar-refractivity contribution in [3.05, 3.63) is 66.2 Å². The minimum atomic E-state index is 0.663. The number of nitrogens with zero attached hydrogens (tertiary/aromatic N) is 1. The molecule has 0 unspecified atom stereocenters. The van der Waals surface area contributed by atoms with Gasteiger partial charge in [-0.25, -0.2) is 0 Å². The summed E-state index contributed by atoms with van der Waals surface area (Å²) in [6, 6.07) is 21.6. The Hall–Kier alpha value is -2.44. The molecule has 0 aromatic heterocycles. The van der Waals surface area contributed by atoms with E-state index in [9.17, 15) is 5.26 Å². The monoisotopic (exact) mass is 291 g/mol. The first kappa shape index (κ1) is 13.5. The van der Waals surface area contributed by atoms with Crippen LogP contribution in [0.2, 0.25) is 0 Å². The first-order valence-corrected chi connectivity index (χ1v) is 7.78. The quantitative estimate of drug-likeness (QED) is 0.620. The van der Waals surface area contributed by atoms with Gasteiger partial charge in [0.2, 0.25) is 0 Å². The second-order valence-corrected chi connectivity index (χ2v) is 5.43. The molecular weight excluding hydrogens is 278 g/mol. The summed E-state index contributed by atoms with van der Waals surface area (Å²) in [4.78, 5) is 1.20. The van der Waals surface area contributed by atoms with Crippen molar-refractivity contribution < 1.29 is 4.74 Å². The van der Waals surface area contributed by atoms with Gasteiger partial charge in [-0.1, -0.05) is 24.3 Å². The molecule has 0 aliphatic carbocycles. The largest absolute Gasteiger partial charge is 0.457 e. The fourth-order valence-corrected chi connectivity index (χ4v) is 2.64. The third-order valence-corrected chi connectivity index (χ3v) is 4.04. The maximum absolute atomic E-state index is 9.18. The SMILES string of the molecule is CSc1ccc(Oc2ccc(C#N)c3ccccc23)cc1. The van der Waals surface area contributed by atoms with Gasteiger partial charge in [-0.3, -0.25) is 0 Å². The minimum Gasteiger partial charge on any atom is -0.457 e. The van der Waals surface area contributed by atoms with Crippen molar-refractivity contribution >= 4 is 22.5 Å². The van der Waals surface area contributed by atoms with Crippen LogP contribution < -0.4 is 4.74 Å². The van der Waals surface area contributed by atoms with E-state index in [0.717, 1.165) is 22.3 Å². The normalized spacial score (nSPS) is 10.3. The number of hydrogen-bond acceptors (Lipinski definition) is 3. The van der Waals surface area contributed by atoms with Crippen molar-refractivity contribution in [1.82, 2.24) is 0 Å². The number of ether oxygens (including phenoxy) is 1. The van der Waals surface area contributed by atoms with Crippen LogP contribution in [0.4, 0.5) is 0 Å². The highest BCUT2D eigenvalue weighted by molar-refractivity contribution is 7.98. The van der Waals surface area contributed by atoms with Crippen LogP contribution in [-0.4, -0.2) is 6.26 Å². The predicted octanol–water partition coefficient (Wildman–Crippen LogP) is 5.23. The van der Waals surface area contributed by atoms with E-state index in [1.54, 1.807) is 17.8 Å². The van der Waals surface area contributed by atoms with E-state index in [2.05, 4.69) is 6.07 Å². The van der Waals surface area contributed by atoms with Crippen LogP contribution in [0.1, 0.15) is 5.56 Å². The molecule has 0 amide bonds. The molecule has 0 N–H and O–H groups in total. The smallest absolute Gasteiger partial charge is 0.135 e. The average molecular weight is 291 g/mol. The van der Waals surface area contributed by atoms with Gasteiger partial charge in [0.1, 0.15) is 11.5 Å². The van der Waals surface area contributed by atoms with Gasteiger partial charge in [0.15, 0.2) is 0 Å². The Bertz CT molecular complexity index is 819. The minimum absolute atomic E-state index is 0.663. The highest BCUT2D eigenvalue weighted by Crippen LogP contribution is 2.32. The van der Waals surface area contributed by atoms with Crippen LogP contribution >= 0.6 is 11.8 Å². The molecule has 0 fully saturated rings. The third kappa shape index (κ3) is 2.72. The second-order valence-electron chi connectivity index (χ2n) is 4.55. The summed E-state index contributed by atoms with van der Waals surface area (Å²) in [6.45, 7) is 0. The Morgan fingerprint density at radius 3 is 2.29 bits per heavy atom. The lowest BCUT2D eigenvalue weighted by Crippen LogP contribution is -1.88. The van der Waals surface area contributed by atoms with E-state index in [1.165, 1.54) is 4.90 Å². The van der Waals surface area contributed by atoms with Crippen LogP contribution in [0.25, 0.3) is 10.8 Å². The average Bonchev–Trinajstić information content (AvgIpc) is 2.56. The molecule has 0 aliphatic heterocycles. The summed E-state index contributed by atoms with van der Waals surface area (Å²) in [7, 11) is 0. The van der Waals surface area contributed by atoms with Gasteiger partial charge in [0.05, 0.1) is 11.6 Å². The summed E-state index contributed by atoms with van der Waals surface area (Å²) < 4.78 is 5.97. The number of hydrogen-bond donors (Lipinski definition) is 0. The van der Waals surface area contributed by atoms with Crippen molar-refractivity contribution in [3.8, 4) is 17.6 Å². The number of rotatable bonds is 3. The van der Waals surface area contributed by atoms with Crippen molar-refractivity contribution in [2.75, 3.05) is 6.26 Å². The Morgan fingerprint density at radius 1 is 0.905 bits per heavy atom. The summed E-state index contributed by atoms with van der Waals surface area (Å²) in [6.07, 6.45) is 2.05. The molecule has 3 heteroatoms. The molecule has 0 bridgehead atoms. The molecule has 0 radical (unpaired) electrons. The van der Waals surface area contributed by atoms with Crippen LogP contribution in [0.5, 0.6) is 11.5 Å². The Morgan fingerprint density at radius 2 is 1.62 bits per heavy atom. The molecule has 0 heterocycles. The van der Waals surface area contributed by atoms with Crippen LogP contribution in [0, 0.1) is 11.3 Å². The first-order valence-electron chi connectivity index (χ1n) is 6.55. The van der Waals surface area contributed by atoms with Gasteiger partial charge in [-0.05, 0) is 42.7 Å². The zero-order chi connectivity index (χ0) is 14.7. The van der Waals surface area contributed by atoms with E-state index in [0.29, 0.717) is 5.56 Å². The topological polar surface area (TPSA) is 33.0 Å². The summed E-state index contributed by atoms with van der Waals surface area (Å²) in [5.74, 6) is 1.56. The van der Waals surface area contributed by atoms with Crippen LogP contribution in [0.3, 0.4) is 0 Å². The highest BCUT2D eigenvalue weighted by atomic mass is 32.2. The molecule has 3 aromatic carbocycles. The molecule has 3 aromatic rings. The predicted molar refractivity (Wildman–Crippen MR) is 87.0 cm³/mol. The number of benzene rings is 3. The van der Waals surface area contributed by atoms with Gasteiger partial charge < -0.3 is 4.74 Å². The zero-order valence-corrected chi connectivity index (χ0v) is 12.4. The van der Waals surface area contributed by atoms with Crippen molar-refractivity contribution in [2.24, 2.45) is 0 Å². The van der Waals surface area contributed by atoms with Gasteiger partial charge in [-0.15, -0.1) is 11.8 Å². The van der Waals surface area contributed by atoms with Gasteiger partial charge >= 0.3 is 0 Å². The summed E-state index contributed by atoms with van der Waals surface area (Å²) >= 11 is 1.70. The molecule has 0 aliphatic rings. The molecule has 102 valence electrons. The standard InChI is InChI=1S/C18H13NOS/c1-21-15-9-7-14(8-10-15)20-18-11-6-13(12-19)16-4-2-3-5-17(16)18/h2-11H,1H3. The second kappa shape index (κ2) is 5.90. The van der Waals surface area contributed by atoms with Crippen molar-refractivity contribution in [1.29, 1.82) is 5.26 Å². The molecule has 0 atom stereocenters. The first-order chi connectivity index (χ1) is 10.3. The molecule has 0 spiro atoms. The molecule has 2 nitrogen and oxygen atoms in total. The summed E-state index contributed by atoms with van der Waals surface area (Å²) in [5, 5.41) is 11.0. The van der Waals surface area contributed by atoms with E-state index in [4.69, 9.17) is 4.74 Å². The van der Waals surface area contributed by atoms with E-state index < -0.39 is 0 Å². The maximum Gasteiger partial charge on any atom is 0.135 e. The van der Waals surface area contributed by atoms with Gasteiger partial charge in [0, 0.05) is 15.7 Å². The fourth-order valence-electron chi connectivity index (χ4n) is 2.23. The third-order valence-electron chi connectivity index (χ3n) is 3.29. The van der Waals surface area contributed by atoms with Crippen LogP contribution in [0.15, 0.2) is 65.6 Å². The van der Waals surface area contributed by atoms with Crippen molar-refractivity contribution in [2.45, 2.75) is 4.90 Å². The molecule has 0 saturated carbocycles. The lowest BCUT2D eigenvalue weighted by atomic mass is 10.0. The zero-order valence-electron chi connectivity index (χ0n) is 11.5. The van der Waals surface area contributed by atoms with E-state index in [1.807, 2.05) is 60.9 Å². The van der Waals surface area contributed by atoms with Gasteiger partial charge in [-0.2, -0.15) is 5.26 Å². The lowest BCUT2D eigenvalue weighted by molar-refractivity contribution is 0.488. The lowest BCUT2D eigenvalue weighted by Gasteiger charge is -2.10. The van der Waals surface area contributed by atoms with Crippen LogP contribution in [-0.2, 0) is 0 Å². The molecule has 0 saturated heterocycles. The summed E-state index contributed by atoms with van der Waals surface area (Å²) in [5.41, 5.74) is 0.663. The Kier molecular flexibility index (Phi) is 3.81. The maximum atomic E-state index is 9.18. The van der Waals surface area contributed by atoms with E-state index in [-0.39, 0.29) is 0 Å². The van der Waals surface area contributed by atoms with Crippen molar-refractivity contribution in [3.63, 3.8) is 0 Å². The highest BCUT2D eigenvalue weighted by Gasteiger charge is 2.07. The molecule has 3 rings (SSSR count). The Labute approximate surface area is 128 Å². The molecular formula is C18H13NOS. The van der Waals surface area contributed by atoms with Gasteiger partial charge in [0.25, 0.3) is 0 Å².